The average molecular weight is 251 g/mol. The molecule has 5 nitrogen and oxygen atoms in total. The summed E-state index contributed by atoms with van der Waals surface area (Å²) in [5.74, 6) is -0.116. The van der Waals surface area contributed by atoms with E-state index in [2.05, 4.69) is 10.00 Å². The molecular formula is C13H21N3O2. The molecular weight excluding hydrogens is 230 g/mol. The van der Waals surface area contributed by atoms with E-state index >= 15 is 0 Å². The van der Waals surface area contributed by atoms with Gasteiger partial charge in [-0.1, -0.05) is 0 Å². The summed E-state index contributed by atoms with van der Waals surface area (Å²) < 4.78 is 6.90. The van der Waals surface area contributed by atoms with Gasteiger partial charge in [-0.2, -0.15) is 5.10 Å². The molecule has 100 valence electrons. The maximum atomic E-state index is 11.5. The molecule has 1 fully saturated rings. The number of hydrogen-bond donors (Lipinski definition) is 0. The van der Waals surface area contributed by atoms with Gasteiger partial charge in [0.1, 0.15) is 0 Å². The standard InChI is InChI=1S/C13H21N3O2/c1-3-18-13(17)10-16(12-4-5-12)9-7-11-6-8-14-15(11)2/h6,8,12H,3-5,7,9-10H2,1-2H3. The van der Waals surface area contributed by atoms with Crippen molar-refractivity contribution < 1.29 is 9.53 Å². The van der Waals surface area contributed by atoms with Crippen molar-refractivity contribution in [1.82, 2.24) is 14.7 Å². The van der Waals surface area contributed by atoms with E-state index in [4.69, 9.17) is 4.74 Å². The number of esters is 1. The molecule has 0 unspecified atom stereocenters. The Morgan fingerprint density at radius 2 is 2.39 bits per heavy atom. The fourth-order valence-corrected chi connectivity index (χ4v) is 2.11. The lowest BCUT2D eigenvalue weighted by Crippen LogP contribution is -2.34. The predicted molar refractivity (Wildman–Crippen MR) is 68.1 cm³/mol. The van der Waals surface area contributed by atoms with Crippen LogP contribution in [0.1, 0.15) is 25.5 Å². The Bertz CT molecular complexity index is 399. The zero-order valence-electron chi connectivity index (χ0n) is 11.1. The highest BCUT2D eigenvalue weighted by molar-refractivity contribution is 5.71. The summed E-state index contributed by atoms with van der Waals surface area (Å²) in [4.78, 5) is 13.8. The second kappa shape index (κ2) is 6.00. The molecule has 1 aliphatic rings. The SMILES string of the molecule is CCOC(=O)CN(CCc1ccnn1C)C1CC1. The van der Waals surface area contributed by atoms with E-state index in [1.54, 1.807) is 0 Å². The fourth-order valence-electron chi connectivity index (χ4n) is 2.11. The highest BCUT2D eigenvalue weighted by atomic mass is 16.5. The monoisotopic (exact) mass is 251 g/mol. The third-order valence-electron chi connectivity index (χ3n) is 3.28. The Labute approximate surface area is 108 Å². The molecule has 0 spiro atoms. The van der Waals surface area contributed by atoms with Crippen LogP contribution in [0.3, 0.4) is 0 Å². The van der Waals surface area contributed by atoms with Crippen molar-refractivity contribution in [2.75, 3.05) is 19.7 Å². The zero-order valence-corrected chi connectivity index (χ0v) is 11.1. The molecule has 2 rings (SSSR count). The number of nitrogens with zero attached hydrogens (tertiary/aromatic N) is 3. The van der Waals surface area contributed by atoms with Crippen molar-refractivity contribution >= 4 is 5.97 Å². The largest absolute Gasteiger partial charge is 0.465 e. The van der Waals surface area contributed by atoms with E-state index in [9.17, 15) is 4.79 Å². The first-order chi connectivity index (χ1) is 8.70. The van der Waals surface area contributed by atoms with Crippen molar-refractivity contribution in [3.63, 3.8) is 0 Å². The normalized spacial score (nSPS) is 15.1. The predicted octanol–water partition coefficient (Wildman–Crippen LogP) is 0.990. The summed E-state index contributed by atoms with van der Waals surface area (Å²) in [5, 5.41) is 4.15. The van der Waals surface area contributed by atoms with Crippen LogP contribution in [0.15, 0.2) is 12.3 Å². The van der Waals surface area contributed by atoms with Gasteiger partial charge in [0.05, 0.1) is 13.2 Å². The number of aryl methyl sites for hydroxylation is 1. The highest BCUT2D eigenvalue weighted by Crippen LogP contribution is 2.26. The second-order valence-corrected chi connectivity index (χ2v) is 4.70. The maximum absolute atomic E-state index is 11.5. The smallest absolute Gasteiger partial charge is 0.320 e. The minimum Gasteiger partial charge on any atom is -0.465 e. The van der Waals surface area contributed by atoms with Crippen LogP contribution in [0.5, 0.6) is 0 Å². The molecule has 1 aliphatic carbocycles. The third-order valence-corrected chi connectivity index (χ3v) is 3.28. The first-order valence-corrected chi connectivity index (χ1v) is 6.57. The van der Waals surface area contributed by atoms with Crippen LogP contribution in [0, 0.1) is 0 Å². The van der Waals surface area contributed by atoms with Crippen LogP contribution < -0.4 is 0 Å². The lowest BCUT2D eigenvalue weighted by Gasteiger charge is -2.20. The summed E-state index contributed by atoms with van der Waals surface area (Å²) in [6.07, 6.45) is 5.13. The van der Waals surface area contributed by atoms with Crippen LogP contribution in [0.2, 0.25) is 0 Å². The number of hydrogen-bond acceptors (Lipinski definition) is 4. The molecule has 18 heavy (non-hydrogen) atoms. The highest BCUT2D eigenvalue weighted by Gasteiger charge is 2.30. The average Bonchev–Trinajstić information content (AvgIpc) is 3.09. The van der Waals surface area contributed by atoms with Crippen molar-refractivity contribution in [3.8, 4) is 0 Å². The molecule has 1 heterocycles. The molecule has 0 bridgehead atoms. The Kier molecular flexibility index (Phi) is 4.36. The molecule has 0 aromatic carbocycles. The number of rotatable bonds is 7. The Morgan fingerprint density at radius 1 is 1.61 bits per heavy atom. The summed E-state index contributed by atoms with van der Waals surface area (Å²) in [6.45, 7) is 3.60. The number of carbonyl (C=O) groups excluding carboxylic acids is 1. The van der Waals surface area contributed by atoms with Gasteiger partial charge in [-0.15, -0.1) is 0 Å². The Morgan fingerprint density at radius 3 is 2.94 bits per heavy atom. The first kappa shape index (κ1) is 13.1. The molecule has 0 amide bonds. The van der Waals surface area contributed by atoms with Gasteiger partial charge in [0.2, 0.25) is 0 Å². The van der Waals surface area contributed by atoms with Crippen LogP contribution in [-0.4, -0.2) is 46.4 Å². The van der Waals surface area contributed by atoms with E-state index < -0.39 is 0 Å². The van der Waals surface area contributed by atoms with Crippen molar-refractivity contribution in [2.45, 2.75) is 32.2 Å². The quantitative estimate of drug-likeness (QED) is 0.678. The molecule has 1 aromatic rings. The van der Waals surface area contributed by atoms with E-state index in [1.165, 1.54) is 18.5 Å². The molecule has 0 saturated heterocycles. The topological polar surface area (TPSA) is 47.4 Å². The van der Waals surface area contributed by atoms with Gasteiger partial charge in [0.15, 0.2) is 0 Å². The van der Waals surface area contributed by atoms with E-state index in [0.717, 1.165) is 13.0 Å². The van der Waals surface area contributed by atoms with Gasteiger partial charge in [0.25, 0.3) is 0 Å². The number of aromatic nitrogens is 2. The number of carbonyl (C=O) groups is 1. The van der Waals surface area contributed by atoms with Gasteiger partial charge < -0.3 is 4.74 Å². The fraction of sp³-hybridized carbons (Fsp3) is 0.692. The van der Waals surface area contributed by atoms with Gasteiger partial charge in [-0.25, -0.2) is 0 Å². The molecule has 0 aliphatic heterocycles. The molecule has 1 aromatic heterocycles. The summed E-state index contributed by atoms with van der Waals surface area (Å²) >= 11 is 0. The van der Waals surface area contributed by atoms with Crippen LogP contribution in [-0.2, 0) is 23.0 Å². The summed E-state index contributed by atoms with van der Waals surface area (Å²) in [7, 11) is 1.95. The third kappa shape index (κ3) is 3.57. The Hall–Kier alpha value is -1.36. The molecule has 0 N–H and O–H groups in total. The summed E-state index contributed by atoms with van der Waals surface area (Å²) in [6, 6.07) is 2.60. The first-order valence-electron chi connectivity index (χ1n) is 6.57. The van der Waals surface area contributed by atoms with Gasteiger partial charge in [-0.3, -0.25) is 14.4 Å². The van der Waals surface area contributed by atoms with Crippen molar-refractivity contribution in [3.05, 3.63) is 18.0 Å². The van der Waals surface area contributed by atoms with Gasteiger partial charge in [-0.05, 0) is 25.8 Å². The molecule has 0 radical (unpaired) electrons. The maximum Gasteiger partial charge on any atom is 0.320 e. The summed E-state index contributed by atoms with van der Waals surface area (Å²) in [5.41, 5.74) is 1.20. The van der Waals surface area contributed by atoms with Crippen molar-refractivity contribution in [1.29, 1.82) is 0 Å². The Balaban J connectivity index is 1.83. The van der Waals surface area contributed by atoms with Crippen LogP contribution in [0.4, 0.5) is 0 Å². The van der Waals surface area contributed by atoms with Crippen LogP contribution >= 0.6 is 0 Å². The van der Waals surface area contributed by atoms with E-state index in [-0.39, 0.29) is 5.97 Å². The van der Waals surface area contributed by atoms with Crippen molar-refractivity contribution in [2.24, 2.45) is 7.05 Å². The van der Waals surface area contributed by atoms with Crippen LogP contribution in [0.25, 0.3) is 0 Å². The second-order valence-electron chi connectivity index (χ2n) is 4.70. The van der Waals surface area contributed by atoms with Gasteiger partial charge >= 0.3 is 5.97 Å². The van der Waals surface area contributed by atoms with E-state index in [0.29, 0.717) is 19.2 Å². The van der Waals surface area contributed by atoms with E-state index in [1.807, 2.05) is 30.9 Å². The molecule has 0 atom stereocenters. The lowest BCUT2D eigenvalue weighted by molar-refractivity contribution is -0.144. The minimum absolute atomic E-state index is 0.116. The molecule has 5 heteroatoms. The molecule has 1 saturated carbocycles. The number of ether oxygens (including phenoxy) is 1. The minimum atomic E-state index is -0.116. The lowest BCUT2D eigenvalue weighted by atomic mass is 10.3. The zero-order chi connectivity index (χ0) is 13.0. The van der Waals surface area contributed by atoms with Gasteiger partial charge in [0, 0.05) is 37.9 Å².